The summed E-state index contributed by atoms with van der Waals surface area (Å²) < 4.78 is 5.11. The Hall–Kier alpha value is -3.30. The summed E-state index contributed by atoms with van der Waals surface area (Å²) in [6, 6.07) is 3.02. The number of imide groups is 1. The monoisotopic (exact) mass is 330 g/mol. The fourth-order valence-corrected chi connectivity index (χ4v) is 2.12. The molecule has 4 amide bonds. The summed E-state index contributed by atoms with van der Waals surface area (Å²) in [5.41, 5.74) is 0.737. The van der Waals surface area contributed by atoms with Crippen molar-refractivity contribution < 1.29 is 18.9 Å². The van der Waals surface area contributed by atoms with E-state index in [2.05, 4.69) is 25.8 Å². The molecule has 0 spiro atoms. The molecule has 2 N–H and O–H groups in total. The van der Waals surface area contributed by atoms with Gasteiger partial charge in [-0.15, -0.1) is 0 Å². The highest BCUT2D eigenvalue weighted by atomic mass is 16.5. The normalized spacial score (nSPS) is 13.9. The Balaban J connectivity index is 1.45. The largest absolute Gasteiger partial charge is 0.354 e. The summed E-state index contributed by atoms with van der Waals surface area (Å²) in [5, 5.41) is 8.58. The average molecular weight is 330 g/mol. The van der Waals surface area contributed by atoms with Crippen molar-refractivity contribution in [3.05, 3.63) is 30.4 Å². The van der Waals surface area contributed by atoms with Crippen LogP contribution in [0.5, 0.6) is 0 Å². The van der Waals surface area contributed by atoms with E-state index in [1.165, 1.54) is 0 Å². The van der Waals surface area contributed by atoms with Crippen LogP contribution in [-0.4, -0.2) is 57.5 Å². The zero-order valence-electron chi connectivity index (χ0n) is 12.6. The van der Waals surface area contributed by atoms with Crippen LogP contribution in [0.4, 0.5) is 4.79 Å². The Kier molecular flexibility index (Phi) is 4.45. The second kappa shape index (κ2) is 6.86. The molecule has 0 bridgehead atoms. The molecule has 0 atom stereocenters. The number of nitrogens with zero attached hydrogens (tertiary/aromatic N) is 4. The molecule has 10 nitrogen and oxygen atoms in total. The van der Waals surface area contributed by atoms with Gasteiger partial charge in [-0.2, -0.15) is 4.98 Å². The maximum Gasteiger partial charge on any atom is 0.325 e. The minimum Gasteiger partial charge on any atom is -0.354 e. The van der Waals surface area contributed by atoms with Crippen LogP contribution < -0.4 is 10.6 Å². The van der Waals surface area contributed by atoms with Gasteiger partial charge in [0.1, 0.15) is 13.1 Å². The lowest BCUT2D eigenvalue weighted by atomic mass is 10.3. The number of pyridine rings is 1. The van der Waals surface area contributed by atoms with Crippen molar-refractivity contribution >= 4 is 17.8 Å². The zero-order valence-corrected chi connectivity index (χ0v) is 12.6. The van der Waals surface area contributed by atoms with E-state index >= 15 is 0 Å². The standard InChI is InChI=1S/C14H14N6O4/c21-10(7-20-8-11(22)17-14(20)23)16-5-3-12-18-13(19-24-12)9-2-1-4-15-6-9/h1-2,4,6H,3,5,7-8H2,(H,16,21)(H,17,22,23). The van der Waals surface area contributed by atoms with Gasteiger partial charge < -0.3 is 14.7 Å². The van der Waals surface area contributed by atoms with Crippen LogP contribution in [0, 0.1) is 0 Å². The molecule has 10 heteroatoms. The van der Waals surface area contributed by atoms with Crippen LogP contribution in [-0.2, 0) is 16.0 Å². The third-order valence-corrected chi connectivity index (χ3v) is 3.25. The summed E-state index contributed by atoms with van der Waals surface area (Å²) in [6.07, 6.45) is 3.62. The van der Waals surface area contributed by atoms with Crippen LogP contribution in [0.3, 0.4) is 0 Å². The lowest BCUT2D eigenvalue weighted by Gasteiger charge is -2.12. The van der Waals surface area contributed by atoms with Gasteiger partial charge in [0.15, 0.2) is 0 Å². The number of hydrogen-bond donors (Lipinski definition) is 2. The van der Waals surface area contributed by atoms with Gasteiger partial charge in [-0.25, -0.2) is 4.79 Å². The fraction of sp³-hybridized carbons (Fsp3) is 0.286. The van der Waals surface area contributed by atoms with Crippen molar-refractivity contribution in [3.8, 4) is 11.4 Å². The lowest BCUT2D eigenvalue weighted by Crippen LogP contribution is -2.39. The number of urea groups is 1. The summed E-state index contributed by atoms with van der Waals surface area (Å²) in [4.78, 5) is 43.4. The van der Waals surface area contributed by atoms with E-state index in [0.29, 0.717) is 18.1 Å². The van der Waals surface area contributed by atoms with Crippen molar-refractivity contribution in [2.75, 3.05) is 19.6 Å². The Morgan fingerprint density at radius 1 is 1.42 bits per heavy atom. The molecule has 2 aromatic rings. The first-order valence-electron chi connectivity index (χ1n) is 7.20. The average Bonchev–Trinajstić information content (AvgIpc) is 3.15. The van der Waals surface area contributed by atoms with E-state index in [0.717, 1.165) is 10.5 Å². The van der Waals surface area contributed by atoms with Crippen LogP contribution in [0.25, 0.3) is 11.4 Å². The minimum absolute atomic E-state index is 0.107. The molecular weight excluding hydrogens is 316 g/mol. The van der Waals surface area contributed by atoms with E-state index in [-0.39, 0.29) is 25.5 Å². The maximum atomic E-state index is 11.7. The fourth-order valence-electron chi connectivity index (χ4n) is 2.12. The van der Waals surface area contributed by atoms with Crippen molar-refractivity contribution in [2.45, 2.75) is 6.42 Å². The Bertz CT molecular complexity index is 760. The van der Waals surface area contributed by atoms with Crippen LogP contribution in [0.15, 0.2) is 29.0 Å². The summed E-state index contributed by atoms with van der Waals surface area (Å²) >= 11 is 0. The Morgan fingerprint density at radius 2 is 2.29 bits per heavy atom. The number of amides is 4. The van der Waals surface area contributed by atoms with Gasteiger partial charge in [0.05, 0.1) is 0 Å². The zero-order chi connectivity index (χ0) is 16.9. The first-order chi connectivity index (χ1) is 11.6. The number of nitrogens with one attached hydrogen (secondary N) is 2. The molecular formula is C14H14N6O4. The molecule has 3 rings (SSSR count). The van der Waals surface area contributed by atoms with E-state index in [1.807, 2.05) is 6.07 Å². The molecule has 1 aliphatic rings. The second-order valence-corrected chi connectivity index (χ2v) is 5.06. The van der Waals surface area contributed by atoms with Crippen molar-refractivity contribution in [1.29, 1.82) is 0 Å². The minimum atomic E-state index is -0.562. The number of rotatable bonds is 6. The molecule has 1 saturated heterocycles. The molecule has 1 aliphatic heterocycles. The molecule has 0 aliphatic carbocycles. The topological polar surface area (TPSA) is 130 Å². The molecule has 0 unspecified atom stereocenters. The molecule has 0 saturated carbocycles. The highest BCUT2D eigenvalue weighted by Crippen LogP contribution is 2.13. The third kappa shape index (κ3) is 3.72. The van der Waals surface area contributed by atoms with Gasteiger partial charge in [0.2, 0.25) is 23.5 Å². The maximum absolute atomic E-state index is 11.7. The predicted molar refractivity (Wildman–Crippen MR) is 79.4 cm³/mol. The van der Waals surface area contributed by atoms with Crippen LogP contribution in [0.2, 0.25) is 0 Å². The van der Waals surface area contributed by atoms with Gasteiger partial charge in [-0.3, -0.25) is 19.9 Å². The SMILES string of the molecule is O=C(CN1CC(=O)NC1=O)NCCc1nc(-c2cccnc2)no1. The number of carbonyl (C=O) groups is 3. The van der Waals surface area contributed by atoms with Crippen LogP contribution in [0.1, 0.15) is 5.89 Å². The highest BCUT2D eigenvalue weighted by Gasteiger charge is 2.28. The van der Waals surface area contributed by atoms with Crippen LogP contribution >= 0.6 is 0 Å². The Morgan fingerprint density at radius 3 is 3.00 bits per heavy atom. The second-order valence-electron chi connectivity index (χ2n) is 5.06. The molecule has 124 valence electrons. The highest BCUT2D eigenvalue weighted by molar-refractivity contribution is 6.03. The smallest absolute Gasteiger partial charge is 0.325 e. The lowest BCUT2D eigenvalue weighted by molar-refractivity contribution is -0.121. The summed E-state index contributed by atoms with van der Waals surface area (Å²) in [5.74, 6) is 0.0216. The van der Waals surface area contributed by atoms with Crippen molar-refractivity contribution in [2.24, 2.45) is 0 Å². The Labute approximate surface area is 136 Å². The van der Waals surface area contributed by atoms with E-state index in [4.69, 9.17) is 4.52 Å². The first-order valence-corrected chi connectivity index (χ1v) is 7.20. The number of hydrogen-bond acceptors (Lipinski definition) is 7. The van der Waals surface area contributed by atoms with Gasteiger partial charge in [-0.05, 0) is 12.1 Å². The van der Waals surface area contributed by atoms with E-state index < -0.39 is 11.9 Å². The van der Waals surface area contributed by atoms with Crippen molar-refractivity contribution in [1.82, 2.24) is 30.7 Å². The van der Waals surface area contributed by atoms with Gasteiger partial charge in [0.25, 0.3) is 0 Å². The molecule has 1 fully saturated rings. The quantitative estimate of drug-likeness (QED) is 0.672. The third-order valence-electron chi connectivity index (χ3n) is 3.25. The molecule has 0 aromatic carbocycles. The van der Waals surface area contributed by atoms with Gasteiger partial charge >= 0.3 is 6.03 Å². The number of aromatic nitrogens is 3. The molecule has 2 aromatic heterocycles. The summed E-state index contributed by atoms with van der Waals surface area (Å²) in [7, 11) is 0. The molecule has 24 heavy (non-hydrogen) atoms. The molecule has 0 radical (unpaired) electrons. The van der Waals surface area contributed by atoms with E-state index in [1.54, 1.807) is 18.5 Å². The van der Waals surface area contributed by atoms with Gasteiger partial charge in [0, 0.05) is 30.9 Å². The van der Waals surface area contributed by atoms with Gasteiger partial charge in [-0.1, -0.05) is 5.16 Å². The number of carbonyl (C=O) groups excluding carboxylic acids is 3. The first kappa shape index (κ1) is 15.6. The van der Waals surface area contributed by atoms with Crippen molar-refractivity contribution in [3.63, 3.8) is 0 Å². The predicted octanol–water partition coefficient (Wildman–Crippen LogP) is -0.658. The molecule has 3 heterocycles. The summed E-state index contributed by atoms with van der Waals surface area (Å²) in [6.45, 7) is -0.0103. The van der Waals surface area contributed by atoms with E-state index in [9.17, 15) is 14.4 Å².